The number of aliphatic hydroxyl groups is 1. The Labute approximate surface area is 87.7 Å². The summed E-state index contributed by atoms with van der Waals surface area (Å²) in [5, 5.41) is 8.62. The Bertz CT molecular complexity index is 297. The van der Waals surface area contributed by atoms with Crippen molar-refractivity contribution in [3.8, 4) is 0 Å². The Morgan fingerprint density at radius 1 is 1.13 bits per heavy atom. The molecular weight excluding hydrogens is 200 g/mol. The summed E-state index contributed by atoms with van der Waals surface area (Å²) in [6.45, 7) is 0.0404. The summed E-state index contributed by atoms with van der Waals surface area (Å²) in [5.41, 5.74) is 6.26. The fourth-order valence-corrected chi connectivity index (χ4v) is 1.42. The smallest absolute Gasteiger partial charge is 0.126 e. The van der Waals surface area contributed by atoms with E-state index in [-0.39, 0.29) is 12.6 Å². The van der Waals surface area contributed by atoms with Crippen molar-refractivity contribution in [1.82, 2.24) is 0 Å². The zero-order valence-corrected chi connectivity index (χ0v) is 8.42. The van der Waals surface area contributed by atoms with Crippen LogP contribution in [0.5, 0.6) is 0 Å². The fraction of sp³-hybridized carbons (Fsp3) is 0.455. The number of hydrogen-bond acceptors (Lipinski definition) is 2. The largest absolute Gasteiger partial charge is 0.396 e. The van der Waals surface area contributed by atoms with Crippen LogP contribution in [0.3, 0.4) is 0 Å². The summed E-state index contributed by atoms with van der Waals surface area (Å²) in [5.74, 6) is -1.14. The van der Waals surface area contributed by atoms with Gasteiger partial charge >= 0.3 is 0 Å². The lowest BCUT2D eigenvalue weighted by Gasteiger charge is -2.09. The number of halogens is 2. The molecule has 4 heteroatoms. The van der Waals surface area contributed by atoms with E-state index in [9.17, 15) is 8.78 Å². The van der Waals surface area contributed by atoms with Gasteiger partial charge in [0.15, 0.2) is 0 Å². The first-order valence-electron chi connectivity index (χ1n) is 4.93. The lowest BCUT2D eigenvalue weighted by molar-refractivity contribution is 0.273. The van der Waals surface area contributed by atoms with Gasteiger partial charge in [-0.05, 0) is 37.0 Å². The van der Waals surface area contributed by atoms with E-state index in [0.29, 0.717) is 24.8 Å². The Hall–Kier alpha value is -1.00. The zero-order chi connectivity index (χ0) is 11.3. The van der Waals surface area contributed by atoms with Crippen LogP contribution in [0.2, 0.25) is 0 Å². The van der Waals surface area contributed by atoms with Crippen molar-refractivity contribution in [2.75, 3.05) is 6.61 Å². The van der Waals surface area contributed by atoms with E-state index >= 15 is 0 Å². The van der Waals surface area contributed by atoms with Crippen LogP contribution in [-0.4, -0.2) is 17.8 Å². The van der Waals surface area contributed by atoms with Crippen LogP contribution in [0.15, 0.2) is 18.2 Å². The molecule has 0 radical (unpaired) electrons. The van der Waals surface area contributed by atoms with Crippen LogP contribution in [0, 0.1) is 11.6 Å². The van der Waals surface area contributed by atoms with Gasteiger partial charge in [-0.25, -0.2) is 8.78 Å². The van der Waals surface area contributed by atoms with Gasteiger partial charge in [-0.15, -0.1) is 0 Å². The van der Waals surface area contributed by atoms with Crippen molar-refractivity contribution in [1.29, 1.82) is 0 Å². The molecule has 0 aliphatic carbocycles. The maximum Gasteiger partial charge on any atom is 0.126 e. The van der Waals surface area contributed by atoms with Crippen LogP contribution < -0.4 is 5.73 Å². The van der Waals surface area contributed by atoms with Gasteiger partial charge in [-0.3, -0.25) is 0 Å². The third kappa shape index (κ3) is 4.36. The van der Waals surface area contributed by atoms with Crippen LogP contribution in [0.25, 0.3) is 0 Å². The highest BCUT2D eigenvalue weighted by Gasteiger charge is 2.04. The Morgan fingerprint density at radius 2 is 1.73 bits per heavy atom. The molecule has 0 amide bonds. The van der Waals surface area contributed by atoms with E-state index in [4.69, 9.17) is 10.8 Å². The Kier molecular flexibility index (Phi) is 4.65. The minimum atomic E-state index is -0.569. The topological polar surface area (TPSA) is 46.2 Å². The molecule has 0 heterocycles. The summed E-state index contributed by atoms with van der Waals surface area (Å²) in [6, 6.07) is 3.32. The minimum absolute atomic E-state index is 0.0404. The highest BCUT2D eigenvalue weighted by atomic mass is 19.1. The average molecular weight is 215 g/mol. The number of aliphatic hydroxyl groups excluding tert-OH is 1. The molecule has 1 aromatic carbocycles. The SMILES string of the molecule is N[C@H](CCO)CCc1cc(F)cc(F)c1. The van der Waals surface area contributed by atoms with Crippen LogP contribution in [0.1, 0.15) is 18.4 Å². The van der Waals surface area contributed by atoms with E-state index in [1.165, 1.54) is 12.1 Å². The summed E-state index contributed by atoms with van der Waals surface area (Å²) in [7, 11) is 0. The maximum absolute atomic E-state index is 12.8. The maximum atomic E-state index is 12.8. The Balaban J connectivity index is 2.50. The van der Waals surface area contributed by atoms with Gasteiger partial charge in [0.25, 0.3) is 0 Å². The molecule has 15 heavy (non-hydrogen) atoms. The van der Waals surface area contributed by atoms with Gasteiger partial charge in [0.05, 0.1) is 0 Å². The highest BCUT2D eigenvalue weighted by molar-refractivity contribution is 5.18. The molecule has 0 spiro atoms. The van der Waals surface area contributed by atoms with E-state index in [1.807, 2.05) is 0 Å². The normalized spacial score (nSPS) is 12.8. The molecule has 1 rings (SSSR count). The monoisotopic (exact) mass is 215 g/mol. The fourth-order valence-electron chi connectivity index (χ4n) is 1.42. The summed E-state index contributed by atoms with van der Waals surface area (Å²) >= 11 is 0. The van der Waals surface area contributed by atoms with Crippen molar-refractivity contribution in [3.05, 3.63) is 35.4 Å². The standard InChI is InChI=1S/C11H15F2NO/c12-9-5-8(6-10(13)7-9)1-2-11(14)3-4-15/h5-7,11,15H,1-4,14H2/t11-/m0/s1. The van der Waals surface area contributed by atoms with E-state index in [2.05, 4.69) is 0 Å². The second-order valence-electron chi connectivity index (χ2n) is 3.59. The lowest BCUT2D eigenvalue weighted by atomic mass is 10.0. The Morgan fingerprint density at radius 3 is 2.27 bits per heavy atom. The zero-order valence-electron chi connectivity index (χ0n) is 8.42. The van der Waals surface area contributed by atoms with E-state index in [0.717, 1.165) is 6.07 Å². The van der Waals surface area contributed by atoms with Crippen LogP contribution in [-0.2, 0) is 6.42 Å². The minimum Gasteiger partial charge on any atom is -0.396 e. The highest BCUT2D eigenvalue weighted by Crippen LogP contribution is 2.11. The van der Waals surface area contributed by atoms with Gasteiger partial charge in [0.2, 0.25) is 0 Å². The first-order chi connectivity index (χ1) is 7.11. The molecule has 0 saturated heterocycles. The molecule has 3 N–H and O–H groups in total. The van der Waals surface area contributed by atoms with Crippen molar-refractivity contribution in [3.63, 3.8) is 0 Å². The number of aryl methyl sites for hydroxylation is 1. The second kappa shape index (κ2) is 5.78. The van der Waals surface area contributed by atoms with Gasteiger partial charge in [-0.1, -0.05) is 0 Å². The van der Waals surface area contributed by atoms with E-state index < -0.39 is 11.6 Å². The third-order valence-corrected chi connectivity index (χ3v) is 2.23. The molecule has 1 atom stereocenters. The molecule has 0 unspecified atom stereocenters. The molecule has 2 nitrogen and oxygen atoms in total. The molecule has 84 valence electrons. The van der Waals surface area contributed by atoms with Crippen LogP contribution in [0.4, 0.5) is 8.78 Å². The third-order valence-electron chi connectivity index (χ3n) is 2.23. The molecular formula is C11H15F2NO. The van der Waals surface area contributed by atoms with Gasteiger partial charge in [-0.2, -0.15) is 0 Å². The lowest BCUT2D eigenvalue weighted by Crippen LogP contribution is -2.21. The quantitative estimate of drug-likeness (QED) is 0.783. The van der Waals surface area contributed by atoms with Gasteiger partial charge in [0, 0.05) is 18.7 Å². The molecule has 0 bridgehead atoms. The second-order valence-corrected chi connectivity index (χ2v) is 3.59. The molecule has 0 aromatic heterocycles. The van der Waals surface area contributed by atoms with E-state index in [1.54, 1.807) is 0 Å². The van der Waals surface area contributed by atoms with Crippen molar-refractivity contribution in [2.24, 2.45) is 5.73 Å². The van der Waals surface area contributed by atoms with Crippen LogP contribution >= 0.6 is 0 Å². The first kappa shape index (κ1) is 12.1. The number of rotatable bonds is 5. The summed E-state index contributed by atoms with van der Waals surface area (Å²) in [4.78, 5) is 0. The molecule has 1 aromatic rings. The molecule has 0 fully saturated rings. The number of nitrogens with two attached hydrogens (primary N) is 1. The van der Waals surface area contributed by atoms with Crippen molar-refractivity contribution >= 4 is 0 Å². The predicted molar refractivity (Wildman–Crippen MR) is 54.4 cm³/mol. The van der Waals surface area contributed by atoms with Crippen molar-refractivity contribution in [2.45, 2.75) is 25.3 Å². The van der Waals surface area contributed by atoms with Gasteiger partial charge in [0.1, 0.15) is 11.6 Å². The van der Waals surface area contributed by atoms with Gasteiger partial charge < -0.3 is 10.8 Å². The summed E-state index contributed by atoms with van der Waals surface area (Å²) in [6.07, 6.45) is 1.65. The number of hydrogen-bond donors (Lipinski definition) is 2. The molecule has 0 aliphatic rings. The number of benzene rings is 1. The van der Waals surface area contributed by atoms with Crippen molar-refractivity contribution < 1.29 is 13.9 Å². The molecule has 0 aliphatic heterocycles. The molecule has 0 saturated carbocycles. The average Bonchev–Trinajstić information content (AvgIpc) is 2.14. The first-order valence-corrected chi connectivity index (χ1v) is 4.93. The summed E-state index contributed by atoms with van der Waals surface area (Å²) < 4.78 is 25.6. The predicted octanol–water partition coefficient (Wildman–Crippen LogP) is 1.61.